The lowest BCUT2D eigenvalue weighted by atomic mass is 10.2. The molecule has 1 amide bonds. The van der Waals surface area contributed by atoms with Crippen LogP contribution in [0.25, 0.3) is 11.4 Å². The van der Waals surface area contributed by atoms with E-state index in [0.29, 0.717) is 11.4 Å². The molecule has 0 saturated heterocycles. The van der Waals surface area contributed by atoms with Crippen molar-refractivity contribution >= 4 is 11.7 Å². The van der Waals surface area contributed by atoms with Crippen molar-refractivity contribution in [3.63, 3.8) is 0 Å². The number of carbonyl (C=O) groups is 1. The molecule has 8 nitrogen and oxygen atoms in total. The predicted molar refractivity (Wildman–Crippen MR) is 72.8 cm³/mol. The van der Waals surface area contributed by atoms with Crippen LogP contribution in [0.1, 0.15) is 30.4 Å². The molecule has 4 N–H and O–H groups in total. The molecular weight excluding hydrogens is 260 g/mol. The van der Waals surface area contributed by atoms with Crippen LogP contribution in [0.5, 0.6) is 0 Å². The molecule has 0 unspecified atom stereocenters. The van der Waals surface area contributed by atoms with Gasteiger partial charge in [-0.1, -0.05) is 0 Å². The van der Waals surface area contributed by atoms with E-state index < -0.39 is 5.91 Å². The van der Waals surface area contributed by atoms with Gasteiger partial charge in [0.05, 0.1) is 12.2 Å². The van der Waals surface area contributed by atoms with Crippen LogP contribution in [0.15, 0.2) is 23.1 Å². The molecule has 2 rings (SSSR count). The Labute approximate surface area is 114 Å². The molecule has 0 fully saturated rings. The van der Waals surface area contributed by atoms with E-state index in [2.05, 4.69) is 15.1 Å². The zero-order valence-corrected chi connectivity index (χ0v) is 11.1. The molecule has 2 heterocycles. The van der Waals surface area contributed by atoms with Crippen LogP contribution in [0.2, 0.25) is 0 Å². The molecule has 0 aliphatic rings. The van der Waals surface area contributed by atoms with Gasteiger partial charge < -0.3 is 11.5 Å². The summed E-state index contributed by atoms with van der Waals surface area (Å²) in [7, 11) is 0. The van der Waals surface area contributed by atoms with Gasteiger partial charge in [-0.05, 0) is 19.9 Å². The second-order valence-electron chi connectivity index (χ2n) is 4.45. The van der Waals surface area contributed by atoms with E-state index in [4.69, 9.17) is 11.5 Å². The maximum atomic E-state index is 11.6. The Morgan fingerprint density at radius 1 is 1.30 bits per heavy atom. The molecule has 20 heavy (non-hydrogen) atoms. The van der Waals surface area contributed by atoms with E-state index in [1.54, 1.807) is 0 Å². The van der Waals surface area contributed by atoms with Crippen LogP contribution in [-0.2, 0) is 0 Å². The summed E-state index contributed by atoms with van der Waals surface area (Å²) >= 11 is 0. The fourth-order valence-electron chi connectivity index (χ4n) is 1.63. The number of amides is 1. The van der Waals surface area contributed by atoms with Crippen molar-refractivity contribution in [3.05, 3.63) is 34.4 Å². The minimum absolute atomic E-state index is 0.0431. The molecule has 0 aromatic carbocycles. The van der Waals surface area contributed by atoms with Crippen molar-refractivity contribution < 1.29 is 4.79 Å². The van der Waals surface area contributed by atoms with Gasteiger partial charge in [0, 0.05) is 6.07 Å². The number of hydrogen-bond acceptors (Lipinski definition) is 6. The molecule has 104 valence electrons. The number of carbonyl (C=O) groups excluding carboxylic acids is 1. The smallest absolute Gasteiger partial charge is 0.271 e. The molecule has 0 spiro atoms. The summed E-state index contributed by atoms with van der Waals surface area (Å²) in [6.45, 7) is 3.67. The van der Waals surface area contributed by atoms with Gasteiger partial charge in [-0.15, -0.1) is 0 Å². The first kappa shape index (κ1) is 13.7. The van der Waals surface area contributed by atoms with Crippen molar-refractivity contribution in [3.8, 4) is 11.4 Å². The molecule has 0 bridgehead atoms. The zero-order valence-electron chi connectivity index (χ0n) is 11.1. The van der Waals surface area contributed by atoms with Crippen LogP contribution in [0, 0.1) is 0 Å². The van der Waals surface area contributed by atoms with E-state index >= 15 is 0 Å². The minimum Gasteiger partial charge on any atom is -0.382 e. The number of nitrogens with zero attached hydrogens (tertiary/aromatic N) is 4. The maximum Gasteiger partial charge on any atom is 0.271 e. The molecule has 0 atom stereocenters. The highest BCUT2D eigenvalue weighted by molar-refractivity contribution is 5.95. The summed E-state index contributed by atoms with van der Waals surface area (Å²) < 4.78 is 1.32. The lowest BCUT2D eigenvalue weighted by Gasteiger charge is -2.10. The van der Waals surface area contributed by atoms with Gasteiger partial charge >= 0.3 is 0 Å². The highest BCUT2D eigenvalue weighted by Crippen LogP contribution is 2.15. The molecule has 8 heteroatoms. The summed E-state index contributed by atoms with van der Waals surface area (Å²) in [6.07, 6.45) is 1.37. The largest absolute Gasteiger partial charge is 0.382 e. The first-order valence-electron chi connectivity index (χ1n) is 5.92. The van der Waals surface area contributed by atoms with Crippen LogP contribution in [0.4, 0.5) is 5.82 Å². The number of primary amides is 1. The zero-order chi connectivity index (χ0) is 14.9. The van der Waals surface area contributed by atoms with Gasteiger partial charge in [-0.2, -0.15) is 5.10 Å². The van der Waals surface area contributed by atoms with Gasteiger partial charge in [0.1, 0.15) is 11.4 Å². The van der Waals surface area contributed by atoms with E-state index in [1.807, 2.05) is 13.8 Å². The van der Waals surface area contributed by atoms with Gasteiger partial charge in [-0.3, -0.25) is 9.59 Å². The highest BCUT2D eigenvalue weighted by atomic mass is 16.1. The summed E-state index contributed by atoms with van der Waals surface area (Å²) in [5, 5.41) is 4.18. The normalized spacial score (nSPS) is 10.8. The molecule has 2 aromatic heterocycles. The fourth-order valence-corrected chi connectivity index (χ4v) is 1.63. The molecular formula is C12H14N6O2. The fraction of sp³-hybridized carbons (Fsp3) is 0.250. The average Bonchev–Trinajstić information content (AvgIpc) is 2.39. The SMILES string of the molecule is CC(C)n1nc(-c2cnc(N)c(C(N)=O)n2)ccc1=O. The Hall–Kier alpha value is -2.77. The summed E-state index contributed by atoms with van der Waals surface area (Å²) in [4.78, 5) is 30.7. The third kappa shape index (κ3) is 2.48. The molecule has 0 saturated carbocycles. The van der Waals surface area contributed by atoms with Crippen molar-refractivity contribution in [1.82, 2.24) is 19.7 Å². The molecule has 0 aliphatic carbocycles. The Kier molecular flexibility index (Phi) is 3.47. The maximum absolute atomic E-state index is 11.6. The quantitative estimate of drug-likeness (QED) is 0.807. The van der Waals surface area contributed by atoms with Crippen molar-refractivity contribution in [2.24, 2.45) is 5.73 Å². The number of nitrogen functional groups attached to an aromatic ring is 1. The van der Waals surface area contributed by atoms with E-state index in [9.17, 15) is 9.59 Å². The van der Waals surface area contributed by atoms with Crippen LogP contribution in [0.3, 0.4) is 0 Å². The number of hydrogen-bond donors (Lipinski definition) is 2. The third-order valence-electron chi connectivity index (χ3n) is 2.61. The lowest BCUT2D eigenvalue weighted by molar-refractivity contribution is 0.0996. The van der Waals surface area contributed by atoms with Gasteiger partial charge in [-0.25, -0.2) is 14.6 Å². The highest BCUT2D eigenvalue weighted by Gasteiger charge is 2.13. The number of nitrogens with two attached hydrogens (primary N) is 2. The number of anilines is 1. The monoisotopic (exact) mass is 274 g/mol. The lowest BCUT2D eigenvalue weighted by Crippen LogP contribution is -2.24. The van der Waals surface area contributed by atoms with Crippen molar-refractivity contribution in [2.75, 3.05) is 5.73 Å². The van der Waals surface area contributed by atoms with E-state index in [0.717, 1.165) is 0 Å². The number of aromatic nitrogens is 4. The standard InChI is InChI=1S/C12H14N6O2/c1-6(2)18-9(19)4-3-7(17-18)8-5-15-11(13)10(16-8)12(14)20/h3-6H,1-2H3,(H2,13,15)(H2,14,20). The number of rotatable bonds is 3. The Morgan fingerprint density at radius 2 is 2.00 bits per heavy atom. The first-order valence-corrected chi connectivity index (χ1v) is 5.92. The van der Waals surface area contributed by atoms with E-state index in [-0.39, 0.29) is 23.1 Å². The molecule has 0 radical (unpaired) electrons. The Balaban J connectivity index is 2.57. The Morgan fingerprint density at radius 3 is 2.60 bits per heavy atom. The second-order valence-corrected chi connectivity index (χ2v) is 4.45. The van der Waals surface area contributed by atoms with Gasteiger partial charge in [0.15, 0.2) is 11.5 Å². The van der Waals surface area contributed by atoms with Crippen LogP contribution < -0.4 is 17.0 Å². The van der Waals surface area contributed by atoms with Gasteiger partial charge in [0.2, 0.25) is 0 Å². The van der Waals surface area contributed by atoms with Crippen LogP contribution >= 0.6 is 0 Å². The topological polar surface area (TPSA) is 130 Å². The van der Waals surface area contributed by atoms with Crippen molar-refractivity contribution in [2.45, 2.75) is 19.9 Å². The molecule has 2 aromatic rings. The minimum atomic E-state index is -0.769. The third-order valence-corrected chi connectivity index (χ3v) is 2.61. The van der Waals surface area contributed by atoms with E-state index in [1.165, 1.54) is 23.0 Å². The first-order chi connectivity index (χ1) is 9.40. The average molecular weight is 274 g/mol. The van der Waals surface area contributed by atoms with Crippen LogP contribution in [-0.4, -0.2) is 25.7 Å². The van der Waals surface area contributed by atoms with Gasteiger partial charge in [0.25, 0.3) is 11.5 Å². The Bertz CT molecular complexity index is 722. The predicted octanol–water partition coefficient (Wildman–Crippen LogP) is -0.0377. The summed E-state index contributed by atoms with van der Waals surface area (Å²) in [5.41, 5.74) is 11.1. The summed E-state index contributed by atoms with van der Waals surface area (Å²) in [6, 6.07) is 2.79. The summed E-state index contributed by atoms with van der Waals surface area (Å²) in [5.74, 6) is -0.813. The molecule has 0 aliphatic heterocycles. The van der Waals surface area contributed by atoms with Crippen molar-refractivity contribution in [1.29, 1.82) is 0 Å². The second kappa shape index (κ2) is 5.08.